The van der Waals surface area contributed by atoms with Gasteiger partial charge in [0.2, 0.25) is 0 Å². The molecule has 0 aliphatic heterocycles. The number of nitrogens with one attached hydrogen (secondary N) is 1. The molecule has 0 fully saturated rings. The van der Waals surface area contributed by atoms with Crippen LogP contribution in [0, 0.1) is 18.3 Å². The predicted molar refractivity (Wildman–Crippen MR) is 79.2 cm³/mol. The number of anilines is 1. The molecule has 0 bridgehead atoms. The first kappa shape index (κ1) is 15.1. The molecule has 0 saturated carbocycles. The maximum absolute atomic E-state index is 12.3. The SMILES string of the molecule is CCn1cc(S(=O)(=O)Nc2ccc(CC#N)cc2)nc1C. The van der Waals surface area contributed by atoms with Gasteiger partial charge in [0, 0.05) is 18.4 Å². The van der Waals surface area contributed by atoms with Gasteiger partial charge in [-0.2, -0.15) is 13.7 Å². The van der Waals surface area contributed by atoms with Crippen LogP contribution < -0.4 is 4.72 Å². The van der Waals surface area contributed by atoms with Crippen molar-refractivity contribution in [1.29, 1.82) is 5.26 Å². The second-order valence-corrected chi connectivity index (χ2v) is 6.18. The van der Waals surface area contributed by atoms with Gasteiger partial charge in [-0.3, -0.25) is 4.72 Å². The molecule has 0 aliphatic rings. The summed E-state index contributed by atoms with van der Waals surface area (Å²) in [6.45, 7) is 4.35. The smallest absolute Gasteiger partial charge is 0.280 e. The Bertz CT molecular complexity index is 770. The monoisotopic (exact) mass is 304 g/mol. The Labute approximate surface area is 124 Å². The summed E-state index contributed by atoms with van der Waals surface area (Å²) in [4.78, 5) is 4.07. The fraction of sp³-hybridized carbons (Fsp3) is 0.286. The van der Waals surface area contributed by atoms with Gasteiger partial charge < -0.3 is 4.57 Å². The number of aryl methyl sites for hydroxylation is 2. The van der Waals surface area contributed by atoms with Crippen LogP contribution in [0.3, 0.4) is 0 Å². The maximum atomic E-state index is 12.3. The molecule has 2 aromatic rings. The van der Waals surface area contributed by atoms with Crippen molar-refractivity contribution in [2.75, 3.05) is 4.72 Å². The summed E-state index contributed by atoms with van der Waals surface area (Å²) >= 11 is 0. The van der Waals surface area contributed by atoms with Crippen molar-refractivity contribution in [2.45, 2.75) is 31.8 Å². The van der Waals surface area contributed by atoms with Gasteiger partial charge in [-0.1, -0.05) is 12.1 Å². The van der Waals surface area contributed by atoms with Gasteiger partial charge in [-0.25, -0.2) is 4.98 Å². The third-order valence-electron chi connectivity index (χ3n) is 3.06. The van der Waals surface area contributed by atoms with E-state index in [1.807, 2.05) is 13.0 Å². The zero-order chi connectivity index (χ0) is 15.5. The van der Waals surface area contributed by atoms with Gasteiger partial charge in [-0.15, -0.1) is 0 Å². The number of nitrogens with zero attached hydrogens (tertiary/aromatic N) is 3. The van der Waals surface area contributed by atoms with E-state index in [4.69, 9.17) is 5.26 Å². The van der Waals surface area contributed by atoms with Crippen LogP contribution in [0.2, 0.25) is 0 Å². The highest BCUT2D eigenvalue weighted by molar-refractivity contribution is 7.92. The Hall–Kier alpha value is -2.33. The van der Waals surface area contributed by atoms with Crippen LogP contribution in [-0.4, -0.2) is 18.0 Å². The Morgan fingerprint density at radius 3 is 2.52 bits per heavy atom. The summed E-state index contributed by atoms with van der Waals surface area (Å²) < 4.78 is 28.8. The lowest BCUT2D eigenvalue weighted by Gasteiger charge is -2.06. The summed E-state index contributed by atoms with van der Waals surface area (Å²) in [5.74, 6) is 0.655. The van der Waals surface area contributed by atoms with E-state index in [0.29, 0.717) is 24.5 Å². The third-order valence-corrected chi connectivity index (χ3v) is 4.31. The van der Waals surface area contributed by atoms with E-state index in [0.717, 1.165) is 5.56 Å². The zero-order valence-corrected chi connectivity index (χ0v) is 12.7. The van der Waals surface area contributed by atoms with Gasteiger partial charge in [-0.05, 0) is 31.5 Å². The van der Waals surface area contributed by atoms with Crippen molar-refractivity contribution < 1.29 is 8.42 Å². The second-order valence-electron chi connectivity index (χ2n) is 4.55. The van der Waals surface area contributed by atoms with Crippen molar-refractivity contribution in [3.05, 3.63) is 41.9 Å². The Morgan fingerprint density at radius 2 is 2.00 bits per heavy atom. The lowest BCUT2D eigenvalue weighted by molar-refractivity contribution is 0.598. The van der Waals surface area contributed by atoms with E-state index in [-0.39, 0.29) is 5.03 Å². The second kappa shape index (κ2) is 5.97. The fourth-order valence-corrected chi connectivity index (χ4v) is 2.99. The van der Waals surface area contributed by atoms with Gasteiger partial charge in [0.1, 0.15) is 5.82 Å². The Morgan fingerprint density at radius 1 is 1.33 bits per heavy atom. The van der Waals surface area contributed by atoms with Crippen LogP contribution in [0.4, 0.5) is 5.69 Å². The lowest BCUT2D eigenvalue weighted by Crippen LogP contribution is -2.13. The van der Waals surface area contributed by atoms with Crippen LogP contribution in [0.25, 0.3) is 0 Å². The third kappa shape index (κ3) is 3.41. The summed E-state index contributed by atoms with van der Waals surface area (Å²) in [6, 6.07) is 8.75. The molecule has 2 rings (SSSR count). The van der Waals surface area contributed by atoms with Crippen molar-refractivity contribution >= 4 is 15.7 Å². The minimum atomic E-state index is -3.70. The van der Waals surface area contributed by atoms with Crippen molar-refractivity contribution in [2.24, 2.45) is 0 Å². The number of hydrogen-bond donors (Lipinski definition) is 1. The van der Waals surface area contributed by atoms with Crippen LogP contribution in [0.5, 0.6) is 0 Å². The van der Waals surface area contributed by atoms with Crippen molar-refractivity contribution in [1.82, 2.24) is 9.55 Å². The molecule has 0 unspecified atom stereocenters. The molecule has 1 aromatic carbocycles. The fourth-order valence-electron chi connectivity index (χ4n) is 1.92. The van der Waals surface area contributed by atoms with E-state index in [1.165, 1.54) is 6.20 Å². The molecule has 110 valence electrons. The molecule has 7 heteroatoms. The van der Waals surface area contributed by atoms with Crippen LogP contribution in [0.1, 0.15) is 18.3 Å². The highest BCUT2D eigenvalue weighted by atomic mass is 32.2. The Kier molecular flexibility index (Phi) is 4.29. The number of hydrogen-bond acceptors (Lipinski definition) is 4. The number of rotatable bonds is 5. The topological polar surface area (TPSA) is 87.8 Å². The minimum Gasteiger partial charge on any atom is -0.334 e. The molecule has 0 atom stereocenters. The number of imidazole rings is 1. The van der Waals surface area contributed by atoms with Gasteiger partial charge >= 0.3 is 0 Å². The standard InChI is InChI=1S/C14H16N4O2S/c1-3-18-10-14(16-11(18)2)21(19,20)17-13-6-4-12(5-7-13)8-9-15/h4-7,10,17H,3,8H2,1-2H3. The van der Waals surface area contributed by atoms with E-state index in [2.05, 4.69) is 9.71 Å². The van der Waals surface area contributed by atoms with E-state index in [9.17, 15) is 8.42 Å². The zero-order valence-electron chi connectivity index (χ0n) is 11.9. The van der Waals surface area contributed by atoms with Crippen LogP contribution in [-0.2, 0) is 23.0 Å². The normalized spacial score (nSPS) is 11.1. The first-order valence-electron chi connectivity index (χ1n) is 6.48. The number of benzene rings is 1. The summed E-state index contributed by atoms with van der Waals surface area (Å²) in [5, 5.41) is 8.61. The molecule has 0 aliphatic carbocycles. The molecule has 21 heavy (non-hydrogen) atoms. The Balaban J connectivity index is 2.22. The van der Waals surface area contributed by atoms with Crippen molar-refractivity contribution in [3.63, 3.8) is 0 Å². The average Bonchev–Trinajstić information content (AvgIpc) is 2.83. The molecule has 1 N–H and O–H groups in total. The molecule has 0 spiro atoms. The number of aromatic nitrogens is 2. The molecule has 1 aromatic heterocycles. The van der Waals surface area contributed by atoms with Gasteiger partial charge in [0.05, 0.1) is 12.5 Å². The van der Waals surface area contributed by atoms with Crippen molar-refractivity contribution in [3.8, 4) is 6.07 Å². The van der Waals surface area contributed by atoms with Gasteiger partial charge in [0.15, 0.2) is 5.03 Å². The van der Waals surface area contributed by atoms with E-state index < -0.39 is 10.0 Å². The molecule has 6 nitrogen and oxygen atoms in total. The maximum Gasteiger partial charge on any atom is 0.280 e. The molecule has 0 radical (unpaired) electrons. The minimum absolute atomic E-state index is 0.00273. The molecule has 0 saturated heterocycles. The summed E-state index contributed by atoms with van der Waals surface area (Å²) in [6.07, 6.45) is 1.81. The highest BCUT2D eigenvalue weighted by Gasteiger charge is 2.18. The van der Waals surface area contributed by atoms with Crippen LogP contribution >= 0.6 is 0 Å². The van der Waals surface area contributed by atoms with E-state index >= 15 is 0 Å². The lowest BCUT2D eigenvalue weighted by atomic mass is 10.1. The molecular weight excluding hydrogens is 288 g/mol. The quantitative estimate of drug-likeness (QED) is 0.916. The highest BCUT2D eigenvalue weighted by Crippen LogP contribution is 2.16. The van der Waals surface area contributed by atoms with Gasteiger partial charge in [0.25, 0.3) is 10.0 Å². The van der Waals surface area contributed by atoms with Crippen LogP contribution in [0.15, 0.2) is 35.5 Å². The first-order valence-corrected chi connectivity index (χ1v) is 7.97. The molecular formula is C14H16N4O2S. The first-order chi connectivity index (χ1) is 9.96. The average molecular weight is 304 g/mol. The molecule has 1 heterocycles. The summed E-state index contributed by atoms with van der Waals surface area (Å²) in [5.41, 5.74) is 1.28. The number of sulfonamides is 1. The molecule has 0 amide bonds. The summed E-state index contributed by atoms with van der Waals surface area (Å²) in [7, 11) is -3.70. The predicted octanol–water partition coefficient (Wildman–Crippen LogP) is 2.08. The van der Waals surface area contributed by atoms with E-state index in [1.54, 1.807) is 35.8 Å². The largest absolute Gasteiger partial charge is 0.334 e. The number of nitriles is 1.